The molecule has 0 spiro atoms. The summed E-state index contributed by atoms with van der Waals surface area (Å²) in [4.78, 5) is 23.6. The van der Waals surface area contributed by atoms with Gasteiger partial charge in [-0.15, -0.1) is 0 Å². The van der Waals surface area contributed by atoms with Crippen LogP contribution >= 0.6 is 0 Å². The van der Waals surface area contributed by atoms with E-state index in [1.165, 1.54) is 6.92 Å². The van der Waals surface area contributed by atoms with E-state index in [1.807, 2.05) is 0 Å². The van der Waals surface area contributed by atoms with Gasteiger partial charge in [0, 0.05) is 45.5 Å². The van der Waals surface area contributed by atoms with E-state index >= 15 is 0 Å². The lowest BCUT2D eigenvalue weighted by molar-refractivity contribution is -0.128. The number of aliphatic hydroxyl groups is 1. The van der Waals surface area contributed by atoms with Crippen molar-refractivity contribution in [2.75, 3.05) is 26.2 Å². The highest BCUT2D eigenvalue weighted by Crippen LogP contribution is 2.15. The lowest BCUT2D eigenvalue weighted by atomic mass is 10.1. The predicted octanol–water partition coefficient (Wildman–Crippen LogP) is -1.04. The molecule has 1 rings (SSSR count). The van der Waals surface area contributed by atoms with Crippen LogP contribution in [0.25, 0.3) is 0 Å². The van der Waals surface area contributed by atoms with Crippen molar-refractivity contribution in [3.8, 4) is 0 Å². The molecule has 5 heteroatoms. The number of carbonyl (C=O) groups excluding carboxylic acids is 2. The highest BCUT2D eigenvalue weighted by atomic mass is 16.3. The Balaban J connectivity index is 2.25. The van der Waals surface area contributed by atoms with Crippen molar-refractivity contribution in [2.24, 2.45) is 5.92 Å². The summed E-state index contributed by atoms with van der Waals surface area (Å²) >= 11 is 0. The summed E-state index contributed by atoms with van der Waals surface area (Å²) in [6, 6.07) is 0. The van der Waals surface area contributed by atoms with Crippen molar-refractivity contribution >= 4 is 11.8 Å². The van der Waals surface area contributed by atoms with Crippen molar-refractivity contribution in [1.82, 2.24) is 10.2 Å². The number of nitrogens with one attached hydrogen (secondary N) is 1. The highest BCUT2D eigenvalue weighted by Gasteiger charge is 2.28. The molecular formula is C9H16N2O3. The van der Waals surface area contributed by atoms with Crippen molar-refractivity contribution in [1.29, 1.82) is 0 Å². The minimum Gasteiger partial charge on any atom is -0.396 e. The maximum Gasteiger partial charge on any atom is 0.223 e. The minimum absolute atomic E-state index is 0.0579. The molecule has 14 heavy (non-hydrogen) atoms. The van der Waals surface area contributed by atoms with Crippen LogP contribution in [0.4, 0.5) is 0 Å². The molecule has 0 aliphatic carbocycles. The van der Waals surface area contributed by atoms with E-state index < -0.39 is 0 Å². The zero-order chi connectivity index (χ0) is 10.6. The Morgan fingerprint density at radius 3 is 2.93 bits per heavy atom. The van der Waals surface area contributed by atoms with Crippen LogP contribution in [0.2, 0.25) is 0 Å². The molecule has 2 N–H and O–H groups in total. The molecule has 1 saturated heterocycles. The Morgan fingerprint density at radius 2 is 2.43 bits per heavy atom. The number of nitrogens with zero attached hydrogens (tertiary/aromatic N) is 1. The summed E-state index contributed by atoms with van der Waals surface area (Å²) in [5, 5.41) is 11.5. The molecule has 2 amide bonds. The highest BCUT2D eigenvalue weighted by molar-refractivity contribution is 5.78. The Hall–Kier alpha value is -1.10. The van der Waals surface area contributed by atoms with Crippen LogP contribution in [0.1, 0.15) is 13.3 Å². The second kappa shape index (κ2) is 4.95. The lowest BCUT2D eigenvalue weighted by Gasteiger charge is -2.15. The van der Waals surface area contributed by atoms with Gasteiger partial charge < -0.3 is 15.3 Å². The van der Waals surface area contributed by atoms with Gasteiger partial charge >= 0.3 is 0 Å². The zero-order valence-electron chi connectivity index (χ0n) is 8.32. The second-order valence-corrected chi connectivity index (χ2v) is 3.58. The molecular weight excluding hydrogens is 184 g/mol. The number of hydrogen-bond donors (Lipinski definition) is 2. The Kier molecular flexibility index (Phi) is 3.88. The molecule has 5 nitrogen and oxygen atoms in total. The lowest BCUT2D eigenvalue weighted by Crippen LogP contribution is -2.35. The topological polar surface area (TPSA) is 69.6 Å². The number of amides is 2. The maximum absolute atomic E-state index is 11.3. The fourth-order valence-corrected chi connectivity index (χ4v) is 1.56. The normalized spacial score (nSPS) is 21.4. The second-order valence-electron chi connectivity index (χ2n) is 3.58. The molecule has 0 radical (unpaired) electrons. The summed E-state index contributed by atoms with van der Waals surface area (Å²) in [5.41, 5.74) is 0. The van der Waals surface area contributed by atoms with E-state index in [0.717, 1.165) is 0 Å². The number of rotatable bonds is 4. The summed E-state index contributed by atoms with van der Waals surface area (Å²) in [6.45, 7) is 3.13. The molecule has 1 atom stereocenters. The molecule has 0 aromatic rings. The largest absolute Gasteiger partial charge is 0.396 e. The van der Waals surface area contributed by atoms with Gasteiger partial charge in [-0.1, -0.05) is 0 Å². The van der Waals surface area contributed by atoms with E-state index in [-0.39, 0.29) is 24.3 Å². The zero-order valence-corrected chi connectivity index (χ0v) is 8.32. The Morgan fingerprint density at radius 1 is 1.71 bits per heavy atom. The average Bonchev–Trinajstić information content (AvgIpc) is 2.47. The van der Waals surface area contributed by atoms with Crippen molar-refractivity contribution in [3.05, 3.63) is 0 Å². The minimum atomic E-state index is -0.0876. The van der Waals surface area contributed by atoms with Crippen LogP contribution in [0.3, 0.4) is 0 Å². The molecule has 1 aliphatic heterocycles. The summed E-state index contributed by atoms with van der Waals surface area (Å²) < 4.78 is 0. The van der Waals surface area contributed by atoms with Gasteiger partial charge in [-0.3, -0.25) is 9.59 Å². The molecule has 1 aliphatic rings. The van der Waals surface area contributed by atoms with E-state index in [9.17, 15) is 9.59 Å². The SMILES string of the molecule is CC(=O)NCCN1CC(CO)CC1=O. The molecule has 1 fully saturated rings. The van der Waals surface area contributed by atoms with Crippen LogP contribution in [-0.4, -0.2) is 48.1 Å². The molecule has 0 aromatic carbocycles. The Labute approximate surface area is 83.1 Å². The third-order valence-electron chi connectivity index (χ3n) is 2.31. The first-order valence-electron chi connectivity index (χ1n) is 4.76. The first-order chi connectivity index (χ1) is 6.63. The van der Waals surface area contributed by atoms with Crippen LogP contribution in [0, 0.1) is 5.92 Å². The molecule has 1 unspecified atom stereocenters. The fourth-order valence-electron chi connectivity index (χ4n) is 1.56. The van der Waals surface area contributed by atoms with Crippen molar-refractivity contribution < 1.29 is 14.7 Å². The monoisotopic (exact) mass is 200 g/mol. The number of aliphatic hydroxyl groups excluding tert-OH is 1. The average molecular weight is 200 g/mol. The molecule has 80 valence electrons. The third-order valence-corrected chi connectivity index (χ3v) is 2.31. The summed E-state index contributed by atoms with van der Waals surface area (Å²) in [5.74, 6) is 0.0459. The van der Waals surface area contributed by atoms with Gasteiger partial charge in [0.1, 0.15) is 0 Å². The Bertz CT molecular complexity index is 230. The van der Waals surface area contributed by atoms with Crippen LogP contribution in [-0.2, 0) is 9.59 Å². The molecule has 1 heterocycles. The quantitative estimate of drug-likeness (QED) is 0.609. The van der Waals surface area contributed by atoms with Gasteiger partial charge in [-0.2, -0.15) is 0 Å². The van der Waals surface area contributed by atoms with Gasteiger partial charge in [0.05, 0.1) is 0 Å². The first kappa shape index (κ1) is 11.0. The maximum atomic E-state index is 11.3. The van der Waals surface area contributed by atoms with Gasteiger partial charge in [0.2, 0.25) is 11.8 Å². The van der Waals surface area contributed by atoms with E-state index in [4.69, 9.17) is 5.11 Å². The number of carbonyl (C=O) groups is 2. The van der Waals surface area contributed by atoms with E-state index in [0.29, 0.717) is 26.1 Å². The van der Waals surface area contributed by atoms with Crippen LogP contribution in [0.5, 0.6) is 0 Å². The van der Waals surface area contributed by atoms with Crippen molar-refractivity contribution in [2.45, 2.75) is 13.3 Å². The van der Waals surface area contributed by atoms with Crippen molar-refractivity contribution in [3.63, 3.8) is 0 Å². The molecule has 0 aromatic heterocycles. The molecule has 0 saturated carbocycles. The van der Waals surface area contributed by atoms with Gasteiger partial charge in [0.15, 0.2) is 0 Å². The fraction of sp³-hybridized carbons (Fsp3) is 0.778. The number of hydrogen-bond acceptors (Lipinski definition) is 3. The third kappa shape index (κ3) is 2.99. The van der Waals surface area contributed by atoms with Gasteiger partial charge in [-0.25, -0.2) is 0 Å². The van der Waals surface area contributed by atoms with Gasteiger partial charge in [0.25, 0.3) is 0 Å². The summed E-state index contributed by atoms with van der Waals surface area (Å²) in [6.07, 6.45) is 0.427. The predicted molar refractivity (Wildman–Crippen MR) is 50.5 cm³/mol. The molecule has 0 bridgehead atoms. The van der Waals surface area contributed by atoms with Crippen LogP contribution < -0.4 is 5.32 Å². The van der Waals surface area contributed by atoms with Gasteiger partial charge in [-0.05, 0) is 0 Å². The van der Waals surface area contributed by atoms with E-state index in [2.05, 4.69) is 5.32 Å². The first-order valence-corrected chi connectivity index (χ1v) is 4.76. The summed E-state index contributed by atoms with van der Waals surface area (Å²) in [7, 11) is 0. The smallest absolute Gasteiger partial charge is 0.223 e. The van der Waals surface area contributed by atoms with Crippen LogP contribution in [0.15, 0.2) is 0 Å². The number of likely N-dealkylation sites (tertiary alicyclic amines) is 1. The van der Waals surface area contributed by atoms with E-state index in [1.54, 1.807) is 4.90 Å². The standard InChI is InChI=1S/C9H16N2O3/c1-7(13)10-2-3-11-5-8(6-12)4-9(11)14/h8,12H,2-6H2,1H3,(H,10,13).